The second-order valence-corrected chi connectivity index (χ2v) is 5.60. The SMILES string of the molecule is CSCCCCN(CCC(=O)O)c1ccccc1C. The fourth-order valence-electron chi connectivity index (χ4n) is 2.05. The maximum absolute atomic E-state index is 10.8. The molecule has 0 saturated heterocycles. The maximum atomic E-state index is 10.8. The summed E-state index contributed by atoms with van der Waals surface area (Å²) < 4.78 is 0. The molecule has 0 radical (unpaired) electrons. The quantitative estimate of drug-likeness (QED) is 0.704. The molecule has 1 aromatic carbocycles. The van der Waals surface area contributed by atoms with E-state index in [1.807, 2.05) is 23.9 Å². The molecule has 0 aliphatic rings. The molecule has 0 bridgehead atoms. The predicted molar refractivity (Wildman–Crippen MR) is 83.3 cm³/mol. The van der Waals surface area contributed by atoms with Crippen LogP contribution in [0.1, 0.15) is 24.8 Å². The molecule has 0 heterocycles. The molecule has 1 N–H and O–H groups in total. The van der Waals surface area contributed by atoms with Gasteiger partial charge in [0, 0.05) is 18.8 Å². The lowest BCUT2D eigenvalue weighted by Crippen LogP contribution is -2.28. The molecule has 4 heteroatoms. The molecule has 0 amide bonds. The maximum Gasteiger partial charge on any atom is 0.305 e. The summed E-state index contributed by atoms with van der Waals surface area (Å²) in [5.74, 6) is 0.434. The summed E-state index contributed by atoms with van der Waals surface area (Å²) in [6.07, 6.45) is 4.59. The molecule has 0 fully saturated rings. The highest BCUT2D eigenvalue weighted by atomic mass is 32.2. The van der Waals surface area contributed by atoms with E-state index in [2.05, 4.69) is 30.2 Å². The highest BCUT2D eigenvalue weighted by Gasteiger charge is 2.10. The lowest BCUT2D eigenvalue weighted by Gasteiger charge is -2.26. The molecule has 19 heavy (non-hydrogen) atoms. The minimum absolute atomic E-state index is 0.191. The molecule has 1 rings (SSSR count). The van der Waals surface area contributed by atoms with Gasteiger partial charge in [-0.15, -0.1) is 0 Å². The van der Waals surface area contributed by atoms with E-state index in [-0.39, 0.29) is 6.42 Å². The first-order chi connectivity index (χ1) is 9.15. The van der Waals surface area contributed by atoms with Crippen LogP contribution in [0.4, 0.5) is 5.69 Å². The van der Waals surface area contributed by atoms with Crippen LogP contribution >= 0.6 is 11.8 Å². The highest BCUT2D eigenvalue weighted by molar-refractivity contribution is 7.98. The van der Waals surface area contributed by atoms with Crippen LogP contribution in [0.2, 0.25) is 0 Å². The van der Waals surface area contributed by atoms with Gasteiger partial charge in [-0.05, 0) is 43.4 Å². The topological polar surface area (TPSA) is 40.5 Å². The van der Waals surface area contributed by atoms with Crippen LogP contribution in [0, 0.1) is 6.92 Å². The number of carbonyl (C=O) groups is 1. The average Bonchev–Trinajstić information content (AvgIpc) is 2.39. The summed E-state index contributed by atoms with van der Waals surface area (Å²) in [6.45, 7) is 3.59. The van der Waals surface area contributed by atoms with Crippen molar-refractivity contribution in [2.24, 2.45) is 0 Å². The molecule has 3 nitrogen and oxygen atoms in total. The number of aliphatic carboxylic acids is 1. The first-order valence-electron chi connectivity index (χ1n) is 6.66. The molecule has 106 valence electrons. The summed E-state index contributed by atoms with van der Waals surface area (Å²) in [6, 6.07) is 8.18. The number of nitrogens with zero attached hydrogens (tertiary/aromatic N) is 1. The molecule has 0 aliphatic heterocycles. The van der Waals surface area contributed by atoms with Crippen LogP contribution in [0.3, 0.4) is 0 Å². The zero-order valence-electron chi connectivity index (χ0n) is 11.8. The summed E-state index contributed by atoms with van der Waals surface area (Å²) in [7, 11) is 0. The number of anilines is 1. The van der Waals surface area contributed by atoms with Gasteiger partial charge in [-0.3, -0.25) is 4.79 Å². The lowest BCUT2D eigenvalue weighted by molar-refractivity contribution is -0.136. The average molecular weight is 281 g/mol. The number of benzene rings is 1. The van der Waals surface area contributed by atoms with E-state index in [0.29, 0.717) is 6.54 Å². The predicted octanol–water partition coefficient (Wildman–Crippen LogP) is 3.42. The van der Waals surface area contributed by atoms with E-state index >= 15 is 0 Å². The summed E-state index contributed by atoms with van der Waals surface area (Å²) >= 11 is 1.86. The van der Waals surface area contributed by atoms with E-state index in [1.54, 1.807) is 0 Å². The van der Waals surface area contributed by atoms with Gasteiger partial charge in [0.25, 0.3) is 0 Å². The number of unbranched alkanes of at least 4 members (excludes halogenated alkanes) is 1. The Kier molecular flexibility index (Phi) is 7.41. The summed E-state index contributed by atoms with van der Waals surface area (Å²) in [5.41, 5.74) is 2.37. The van der Waals surface area contributed by atoms with Gasteiger partial charge in [-0.1, -0.05) is 18.2 Å². The Labute approximate surface area is 120 Å². The third kappa shape index (κ3) is 6.01. The van der Waals surface area contributed by atoms with E-state index in [9.17, 15) is 4.79 Å². The zero-order valence-corrected chi connectivity index (χ0v) is 12.6. The van der Waals surface area contributed by atoms with Crippen molar-refractivity contribution in [1.82, 2.24) is 0 Å². The summed E-state index contributed by atoms with van der Waals surface area (Å²) in [5, 5.41) is 8.86. The van der Waals surface area contributed by atoms with Crippen LogP contribution in [0.25, 0.3) is 0 Å². The van der Waals surface area contributed by atoms with E-state index in [4.69, 9.17) is 5.11 Å². The van der Waals surface area contributed by atoms with Crippen molar-refractivity contribution in [3.05, 3.63) is 29.8 Å². The molecule has 0 atom stereocenters. The Morgan fingerprint density at radius 2 is 2.00 bits per heavy atom. The highest BCUT2D eigenvalue weighted by Crippen LogP contribution is 2.20. The van der Waals surface area contributed by atoms with Gasteiger partial charge >= 0.3 is 5.97 Å². The number of rotatable bonds is 9. The molecule has 0 saturated carbocycles. The van der Waals surface area contributed by atoms with E-state index < -0.39 is 5.97 Å². The zero-order chi connectivity index (χ0) is 14.1. The number of thioether (sulfide) groups is 1. The molecule has 0 aromatic heterocycles. The number of hydrogen-bond donors (Lipinski definition) is 1. The molecular weight excluding hydrogens is 258 g/mol. The Bertz CT molecular complexity index is 395. The lowest BCUT2D eigenvalue weighted by atomic mass is 10.1. The smallest absolute Gasteiger partial charge is 0.305 e. The summed E-state index contributed by atoms with van der Waals surface area (Å²) in [4.78, 5) is 13.0. The Morgan fingerprint density at radius 1 is 1.26 bits per heavy atom. The fourth-order valence-corrected chi connectivity index (χ4v) is 2.54. The molecule has 0 unspecified atom stereocenters. The number of hydrogen-bond acceptors (Lipinski definition) is 3. The Morgan fingerprint density at radius 3 is 2.63 bits per heavy atom. The van der Waals surface area contributed by atoms with Crippen molar-refractivity contribution >= 4 is 23.4 Å². The first-order valence-corrected chi connectivity index (χ1v) is 8.06. The molecular formula is C15H23NO2S. The monoisotopic (exact) mass is 281 g/mol. The van der Waals surface area contributed by atoms with Gasteiger partial charge in [0.1, 0.15) is 0 Å². The third-order valence-electron chi connectivity index (χ3n) is 3.08. The normalized spacial score (nSPS) is 10.4. The standard InChI is InChI=1S/C15H23NO2S/c1-13-7-3-4-8-14(13)16(11-9-15(17)18)10-5-6-12-19-2/h3-4,7-8H,5-6,9-12H2,1-2H3,(H,17,18). The van der Waals surface area contributed by atoms with Gasteiger partial charge < -0.3 is 10.0 Å². The first kappa shape index (κ1) is 15.9. The largest absolute Gasteiger partial charge is 0.481 e. The minimum atomic E-state index is -0.734. The fraction of sp³-hybridized carbons (Fsp3) is 0.533. The Balaban J connectivity index is 2.63. The van der Waals surface area contributed by atoms with Crippen molar-refractivity contribution in [3.63, 3.8) is 0 Å². The van der Waals surface area contributed by atoms with Crippen LogP contribution in [-0.2, 0) is 4.79 Å². The number of carboxylic acid groups (broad SMARTS) is 1. The number of aryl methyl sites for hydroxylation is 1. The second kappa shape index (κ2) is 8.86. The van der Waals surface area contributed by atoms with Crippen molar-refractivity contribution in [2.75, 3.05) is 30.0 Å². The van der Waals surface area contributed by atoms with Crippen molar-refractivity contribution in [2.45, 2.75) is 26.2 Å². The van der Waals surface area contributed by atoms with Crippen molar-refractivity contribution in [1.29, 1.82) is 0 Å². The number of para-hydroxylation sites is 1. The second-order valence-electron chi connectivity index (χ2n) is 4.62. The van der Waals surface area contributed by atoms with Gasteiger partial charge in [0.15, 0.2) is 0 Å². The van der Waals surface area contributed by atoms with Gasteiger partial charge in [-0.25, -0.2) is 0 Å². The van der Waals surface area contributed by atoms with E-state index in [1.165, 1.54) is 17.7 Å². The van der Waals surface area contributed by atoms with E-state index in [0.717, 1.165) is 18.7 Å². The third-order valence-corrected chi connectivity index (χ3v) is 3.78. The van der Waals surface area contributed by atoms with Gasteiger partial charge in [0.2, 0.25) is 0 Å². The van der Waals surface area contributed by atoms with Crippen LogP contribution in [0.15, 0.2) is 24.3 Å². The van der Waals surface area contributed by atoms with Crippen molar-refractivity contribution in [3.8, 4) is 0 Å². The van der Waals surface area contributed by atoms with Crippen LogP contribution in [-0.4, -0.2) is 36.2 Å². The van der Waals surface area contributed by atoms with Crippen LogP contribution < -0.4 is 4.90 Å². The van der Waals surface area contributed by atoms with Crippen LogP contribution in [0.5, 0.6) is 0 Å². The Hall–Kier alpha value is -1.16. The molecule has 1 aromatic rings. The molecule has 0 aliphatic carbocycles. The minimum Gasteiger partial charge on any atom is -0.481 e. The van der Waals surface area contributed by atoms with Crippen molar-refractivity contribution < 1.29 is 9.90 Å². The van der Waals surface area contributed by atoms with Gasteiger partial charge in [-0.2, -0.15) is 11.8 Å². The number of carboxylic acids is 1. The molecule has 0 spiro atoms. The van der Waals surface area contributed by atoms with Gasteiger partial charge in [0.05, 0.1) is 6.42 Å².